The molecule has 2 fully saturated rings. The van der Waals surface area contributed by atoms with Crippen LogP contribution in [0.5, 0.6) is 0 Å². The summed E-state index contributed by atoms with van der Waals surface area (Å²) < 4.78 is 0. The van der Waals surface area contributed by atoms with E-state index in [1.807, 2.05) is 0 Å². The van der Waals surface area contributed by atoms with Gasteiger partial charge in [-0.15, -0.1) is 0 Å². The van der Waals surface area contributed by atoms with Crippen LogP contribution in [0.25, 0.3) is 0 Å². The van der Waals surface area contributed by atoms with Gasteiger partial charge in [-0.3, -0.25) is 4.79 Å². The van der Waals surface area contributed by atoms with Crippen molar-refractivity contribution in [1.82, 2.24) is 5.32 Å². The Labute approximate surface area is 117 Å². The molecule has 0 heterocycles. The van der Waals surface area contributed by atoms with Crippen LogP contribution in [-0.2, 0) is 4.79 Å². The normalized spacial score (nSPS) is 30.8. The quantitative estimate of drug-likeness (QED) is 0.821. The minimum Gasteiger partial charge on any atom is -0.353 e. The molecule has 0 atom stereocenters. The van der Waals surface area contributed by atoms with Crippen molar-refractivity contribution in [2.24, 2.45) is 11.7 Å². The first kappa shape index (κ1) is 14.8. The summed E-state index contributed by atoms with van der Waals surface area (Å²) in [5.74, 6) is 1.07. The lowest BCUT2D eigenvalue weighted by Crippen LogP contribution is -2.48. The fourth-order valence-electron chi connectivity index (χ4n) is 3.75. The van der Waals surface area contributed by atoms with Crippen molar-refractivity contribution >= 4 is 5.91 Å². The van der Waals surface area contributed by atoms with Crippen molar-refractivity contribution in [3.05, 3.63) is 0 Å². The molecule has 2 aliphatic rings. The molecule has 0 aromatic carbocycles. The summed E-state index contributed by atoms with van der Waals surface area (Å²) in [6, 6.07) is 0.405. The van der Waals surface area contributed by atoms with E-state index in [2.05, 4.69) is 12.2 Å². The summed E-state index contributed by atoms with van der Waals surface area (Å²) in [7, 11) is 0. The van der Waals surface area contributed by atoms with E-state index < -0.39 is 0 Å². The molecule has 2 saturated carbocycles. The number of nitrogens with one attached hydrogen (secondary N) is 1. The lowest BCUT2D eigenvalue weighted by atomic mass is 9.79. The molecule has 3 N–H and O–H groups in total. The molecule has 3 nitrogen and oxygen atoms in total. The Morgan fingerprint density at radius 2 is 1.79 bits per heavy atom. The Bertz CT molecular complexity index is 289. The van der Waals surface area contributed by atoms with Crippen molar-refractivity contribution in [2.45, 2.75) is 89.1 Å². The fourth-order valence-corrected chi connectivity index (χ4v) is 3.75. The Morgan fingerprint density at radius 1 is 1.16 bits per heavy atom. The third kappa shape index (κ3) is 4.48. The van der Waals surface area contributed by atoms with Crippen LogP contribution in [0.4, 0.5) is 0 Å². The zero-order valence-electron chi connectivity index (χ0n) is 12.4. The van der Waals surface area contributed by atoms with Gasteiger partial charge in [0.05, 0.1) is 0 Å². The van der Waals surface area contributed by atoms with E-state index in [9.17, 15) is 4.79 Å². The largest absolute Gasteiger partial charge is 0.353 e. The SMILES string of the molecule is CCC1CCC(NC(=O)CC2(N)CCCCC2)CC1. The van der Waals surface area contributed by atoms with Crippen molar-refractivity contribution < 1.29 is 4.79 Å². The van der Waals surface area contributed by atoms with E-state index in [-0.39, 0.29) is 11.4 Å². The predicted octanol–water partition coefficient (Wildman–Crippen LogP) is 3.12. The maximum absolute atomic E-state index is 12.1. The zero-order valence-corrected chi connectivity index (χ0v) is 12.4. The molecule has 2 aliphatic carbocycles. The Balaban J connectivity index is 1.72. The molecule has 0 saturated heterocycles. The first-order valence-electron chi connectivity index (χ1n) is 8.19. The van der Waals surface area contributed by atoms with Crippen molar-refractivity contribution in [1.29, 1.82) is 0 Å². The van der Waals surface area contributed by atoms with Crippen LogP contribution in [0.3, 0.4) is 0 Å². The fraction of sp³-hybridized carbons (Fsp3) is 0.938. The number of amides is 1. The summed E-state index contributed by atoms with van der Waals surface area (Å²) in [4.78, 5) is 12.1. The molecule has 2 rings (SSSR count). The van der Waals surface area contributed by atoms with Gasteiger partial charge in [0, 0.05) is 18.0 Å². The molecule has 110 valence electrons. The minimum absolute atomic E-state index is 0.185. The molecule has 0 aromatic heterocycles. The average molecular weight is 266 g/mol. The standard InChI is InChI=1S/C16H30N2O/c1-2-13-6-8-14(9-7-13)18-15(19)12-16(17)10-4-3-5-11-16/h13-14H,2-12,17H2,1H3,(H,18,19). The van der Waals surface area contributed by atoms with Gasteiger partial charge in [-0.05, 0) is 44.4 Å². The topological polar surface area (TPSA) is 55.1 Å². The van der Waals surface area contributed by atoms with E-state index in [4.69, 9.17) is 5.73 Å². The number of hydrogen-bond acceptors (Lipinski definition) is 2. The highest BCUT2D eigenvalue weighted by Gasteiger charge is 2.31. The smallest absolute Gasteiger partial charge is 0.222 e. The molecule has 0 spiro atoms. The van der Waals surface area contributed by atoms with E-state index in [0.717, 1.165) is 31.6 Å². The average Bonchev–Trinajstić information content (AvgIpc) is 2.39. The molecule has 0 bridgehead atoms. The van der Waals surface area contributed by atoms with Crippen molar-refractivity contribution in [3.8, 4) is 0 Å². The summed E-state index contributed by atoms with van der Waals surface area (Å²) >= 11 is 0. The van der Waals surface area contributed by atoms with Gasteiger partial charge in [0.15, 0.2) is 0 Å². The van der Waals surface area contributed by atoms with Crippen LogP contribution in [0, 0.1) is 5.92 Å². The molecular formula is C16H30N2O. The summed E-state index contributed by atoms with van der Waals surface area (Å²) in [5.41, 5.74) is 6.13. The first-order valence-corrected chi connectivity index (χ1v) is 8.19. The third-order valence-electron chi connectivity index (χ3n) is 5.15. The number of hydrogen-bond donors (Lipinski definition) is 2. The van der Waals surface area contributed by atoms with E-state index in [1.54, 1.807) is 0 Å². The number of nitrogens with two attached hydrogens (primary N) is 1. The lowest BCUT2D eigenvalue weighted by Gasteiger charge is -2.34. The third-order valence-corrected chi connectivity index (χ3v) is 5.15. The molecule has 0 aromatic rings. The highest BCUT2D eigenvalue weighted by Crippen LogP contribution is 2.29. The van der Waals surface area contributed by atoms with Crippen molar-refractivity contribution in [2.75, 3.05) is 0 Å². The van der Waals surface area contributed by atoms with Crippen molar-refractivity contribution in [3.63, 3.8) is 0 Å². The monoisotopic (exact) mass is 266 g/mol. The summed E-state index contributed by atoms with van der Waals surface area (Å²) in [6.07, 6.45) is 12.4. The van der Waals surface area contributed by atoms with Crippen LogP contribution in [0.1, 0.15) is 77.6 Å². The maximum Gasteiger partial charge on any atom is 0.222 e. The van der Waals surface area contributed by atoms with Crippen LogP contribution in [0.15, 0.2) is 0 Å². The second-order valence-electron chi connectivity index (χ2n) is 6.79. The molecule has 0 aliphatic heterocycles. The van der Waals surface area contributed by atoms with Crippen LogP contribution >= 0.6 is 0 Å². The highest BCUT2D eigenvalue weighted by atomic mass is 16.1. The van der Waals surface area contributed by atoms with Crippen LogP contribution < -0.4 is 11.1 Å². The molecule has 1 amide bonds. The van der Waals surface area contributed by atoms with Gasteiger partial charge in [-0.1, -0.05) is 32.6 Å². The lowest BCUT2D eigenvalue weighted by molar-refractivity contribution is -0.123. The predicted molar refractivity (Wildman–Crippen MR) is 78.8 cm³/mol. The van der Waals surface area contributed by atoms with E-state index in [0.29, 0.717) is 12.5 Å². The number of carbonyl (C=O) groups excluding carboxylic acids is 1. The number of rotatable bonds is 4. The zero-order chi connectivity index (χ0) is 13.7. The Kier molecular flexibility index (Phi) is 5.26. The van der Waals surface area contributed by atoms with Gasteiger partial charge < -0.3 is 11.1 Å². The molecule has 0 unspecified atom stereocenters. The second kappa shape index (κ2) is 6.74. The minimum atomic E-state index is -0.219. The van der Waals surface area contributed by atoms with Crippen LogP contribution in [0.2, 0.25) is 0 Å². The summed E-state index contributed by atoms with van der Waals surface area (Å²) in [6.45, 7) is 2.27. The Hall–Kier alpha value is -0.570. The Morgan fingerprint density at radius 3 is 2.37 bits per heavy atom. The van der Waals surface area contributed by atoms with Gasteiger partial charge in [-0.2, -0.15) is 0 Å². The van der Waals surface area contributed by atoms with Gasteiger partial charge in [0.2, 0.25) is 5.91 Å². The number of carbonyl (C=O) groups is 1. The molecule has 19 heavy (non-hydrogen) atoms. The summed E-state index contributed by atoms with van der Waals surface area (Å²) in [5, 5.41) is 3.22. The van der Waals surface area contributed by atoms with Gasteiger partial charge in [0.1, 0.15) is 0 Å². The maximum atomic E-state index is 12.1. The van der Waals surface area contributed by atoms with E-state index in [1.165, 1.54) is 38.5 Å². The highest BCUT2D eigenvalue weighted by molar-refractivity contribution is 5.77. The molecule has 0 radical (unpaired) electrons. The second-order valence-corrected chi connectivity index (χ2v) is 6.79. The first-order chi connectivity index (χ1) is 9.11. The molecule has 3 heteroatoms. The van der Waals surface area contributed by atoms with E-state index >= 15 is 0 Å². The molecular weight excluding hydrogens is 236 g/mol. The van der Waals surface area contributed by atoms with Gasteiger partial charge in [0.25, 0.3) is 0 Å². The van der Waals surface area contributed by atoms with Gasteiger partial charge >= 0.3 is 0 Å². The van der Waals surface area contributed by atoms with Crippen LogP contribution in [-0.4, -0.2) is 17.5 Å². The van der Waals surface area contributed by atoms with Gasteiger partial charge in [-0.25, -0.2) is 0 Å².